The van der Waals surface area contributed by atoms with E-state index < -0.39 is 11.9 Å². The second kappa shape index (κ2) is 8.04. The minimum absolute atomic E-state index is 0.0316. The summed E-state index contributed by atoms with van der Waals surface area (Å²) in [6.45, 7) is 2.01. The minimum Gasteiger partial charge on any atom is -0.465 e. The summed E-state index contributed by atoms with van der Waals surface area (Å²) >= 11 is 7.29. The fourth-order valence-electron chi connectivity index (χ4n) is 2.29. The second-order valence-electron chi connectivity index (χ2n) is 4.77. The molecule has 1 unspecified atom stereocenters. The first-order valence-electron chi connectivity index (χ1n) is 7.03. The predicted molar refractivity (Wildman–Crippen MR) is 88.7 cm³/mol. The number of benzene rings is 1. The number of carbonyl (C=O) groups excluding carboxylic acids is 2. The summed E-state index contributed by atoms with van der Waals surface area (Å²) in [7, 11) is 0. The Morgan fingerprint density at radius 1 is 1.52 bits per heavy atom. The average molecular weight is 351 g/mol. The van der Waals surface area contributed by atoms with E-state index in [2.05, 4.69) is 11.4 Å². The molecule has 0 fully saturated rings. The molecule has 1 amide bonds. The number of amides is 1. The van der Waals surface area contributed by atoms with Crippen molar-refractivity contribution >= 4 is 35.2 Å². The Hall–Kier alpha value is -1.97. The molecule has 2 rings (SSSR count). The van der Waals surface area contributed by atoms with E-state index in [1.807, 2.05) is 6.07 Å². The van der Waals surface area contributed by atoms with Crippen LogP contribution >= 0.6 is 23.4 Å². The molecule has 1 aromatic carbocycles. The molecule has 1 atom stereocenters. The molecule has 0 aromatic heterocycles. The van der Waals surface area contributed by atoms with Crippen LogP contribution in [0.5, 0.6) is 0 Å². The van der Waals surface area contributed by atoms with E-state index in [0.717, 1.165) is 17.3 Å². The summed E-state index contributed by atoms with van der Waals surface area (Å²) in [4.78, 5) is 23.5. The summed E-state index contributed by atoms with van der Waals surface area (Å²) in [5.41, 5.74) is 1.14. The number of ether oxygens (including phenoxy) is 1. The van der Waals surface area contributed by atoms with Gasteiger partial charge in [0.05, 0.1) is 29.0 Å². The monoisotopic (exact) mass is 350 g/mol. The van der Waals surface area contributed by atoms with Crippen LogP contribution in [0.2, 0.25) is 5.02 Å². The highest BCUT2D eigenvalue weighted by molar-refractivity contribution is 8.03. The number of rotatable bonds is 5. The molecule has 0 spiro atoms. The lowest BCUT2D eigenvalue weighted by atomic mass is 9.87. The molecule has 1 aromatic rings. The molecular weight excluding hydrogens is 336 g/mol. The normalized spacial score (nSPS) is 17.4. The van der Waals surface area contributed by atoms with Gasteiger partial charge in [-0.1, -0.05) is 41.6 Å². The van der Waals surface area contributed by atoms with Crippen molar-refractivity contribution in [2.24, 2.45) is 0 Å². The number of carbonyl (C=O) groups is 2. The van der Waals surface area contributed by atoms with Crippen molar-refractivity contribution in [3.05, 3.63) is 45.5 Å². The SMILES string of the molecule is CCOC(=O)CSC1=C(C#N)C(c2ccccc2Cl)CC(=O)N1. The molecule has 0 saturated heterocycles. The van der Waals surface area contributed by atoms with Gasteiger partial charge in [0, 0.05) is 17.4 Å². The van der Waals surface area contributed by atoms with Crippen LogP contribution in [-0.4, -0.2) is 24.2 Å². The van der Waals surface area contributed by atoms with Crippen LogP contribution in [0.1, 0.15) is 24.8 Å². The van der Waals surface area contributed by atoms with Crippen LogP contribution in [-0.2, 0) is 14.3 Å². The molecular formula is C16H15ClN2O3S. The van der Waals surface area contributed by atoms with E-state index in [1.54, 1.807) is 25.1 Å². The number of nitrogens with one attached hydrogen (secondary N) is 1. The van der Waals surface area contributed by atoms with Gasteiger partial charge in [0.2, 0.25) is 5.91 Å². The van der Waals surface area contributed by atoms with Gasteiger partial charge in [0.25, 0.3) is 0 Å². The molecule has 120 valence electrons. The van der Waals surface area contributed by atoms with Gasteiger partial charge in [0.1, 0.15) is 0 Å². The summed E-state index contributed by atoms with van der Waals surface area (Å²) < 4.78 is 4.86. The first kappa shape index (κ1) is 17.4. The van der Waals surface area contributed by atoms with Crippen LogP contribution in [0.3, 0.4) is 0 Å². The Bertz CT molecular complexity index is 697. The third-order valence-electron chi connectivity index (χ3n) is 3.28. The van der Waals surface area contributed by atoms with Crippen molar-refractivity contribution in [3.63, 3.8) is 0 Å². The van der Waals surface area contributed by atoms with Crippen LogP contribution < -0.4 is 5.32 Å². The van der Waals surface area contributed by atoms with E-state index in [9.17, 15) is 14.9 Å². The van der Waals surface area contributed by atoms with Crippen LogP contribution in [0, 0.1) is 11.3 Å². The molecule has 1 aliphatic heterocycles. The average Bonchev–Trinajstić information content (AvgIpc) is 2.53. The minimum atomic E-state index is -0.410. The van der Waals surface area contributed by atoms with Gasteiger partial charge in [-0.3, -0.25) is 9.59 Å². The predicted octanol–water partition coefficient (Wildman–Crippen LogP) is 2.97. The van der Waals surface area contributed by atoms with Gasteiger partial charge in [-0.05, 0) is 18.6 Å². The topological polar surface area (TPSA) is 79.2 Å². The summed E-state index contributed by atoms with van der Waals surface area (Å²) in [5, 5.41) is 13.1. The summed E-state index contributed by atoms with van der Waals surface area (Å²) in [6, 6.07) is 9.27. The lowest BCUT2D eigenvalue weighted by Crippen LogP contribution is -2.31. The Kier molecular flexibility index (Phi) is 6.08. The van der Waals surface area contributed by atoms with Gasteiger partial charge in [-0.25, -0.2) is 0 Å². The largest absolute Gasteiger partial charge is 0.465 e. The number of allylic oxidation sites excluding steroid dienone is 1. The van der Waals surface area contributed by atoms with E-state index in [4.69, 9.17) is 16.3 Å². The smallest absolute Gasteiger partial charge is 0.316 e. The fraction of sp³-hybridized carbons (Fsp3) is 0.312. The van der Waals surface area contributed by atoms with Crippen LogP contribution in [0.25, 0.3) is 0 Å². The first-order valence-corrected chi connectivity index (χ1v) is 8.40. The molecule has 0 bridgehead atoms. The number of nitrogens with zero attached hydrogens (tertiary/aromatic N) is 1. The maximum Gasteiger partial charge on any atom is 0.316 e. The van der Waals surface area contributed by atoms with Crippen molar-refractivity contribution < 1.29 is 14.3 Å². The zero-order chi connectivity index (χ0) is 16.8. The summed E-state index contributed by atoms with van der Waals surface area (Å²) in [6.07, 6.45) is 0.149. The maximum absolute atomic E-state index is 12.0. The Morgan fingerprint density at radius 3 is 2.91 bits per heavy atom. The number of hydrogen-bond acceptors (Lipinski definition) is 5. The second-order valence-corrected chi connectivity index (χ2v) is 6.17. The molecule has 0 saturated carbocycles. The van der Waals surface area contributed by atoms with Crippen molar-refractivity contribution in [1.29, 1.82) is 5.26 Å². The Labute approximate surface area is 143 Å². The van der Waals surface area contributed by atoms with E-state index in [1.165, 1.54) is 0 Å². The van der Waals surface area contributed by atoms with Crippen molar-refractivity contribution in [2.45, 2.75) is 19.3 Å². The van der Waals surface area contributed by atoms with E-state index >= 15 is 0 Å². The van der Waals surface area contributed by atoms with Crippen molar-refractivity contribution in [2.75, 3.05) is 12.4 Å². The zero-order valence-electron chi connectivity index (χ0n) is 12.5. The zero-order valence-corrected chi connectivity index (χ0v) is 14.0. The van der Waals surface area contributed by atoms with Crippen LogP contribution in [0.4, 0.5) is 0 Å². The van der Waals surface area contributed by atoms with Crippen molar-refractivity contribution in [3.8, 4) is 6.07 Å². The molecule has 1 heterocycles. The van der Waals surface area contributed by atoms with E-state index in [0.29, 0.717) is 15.6 Å². The molecule has 7 heteroatoms. The van der Waals surface area contributed by atoms with Gasteiger partial charge in [-0.15, -0.1) is 0 Å². The lowest BCUT2D eigenvalue weighted by molar-refractivity contribution is -0.139. The summed E-state index contributed by atoms with van der Waals surface area (Å²) in [5.74, 6) is -0.979. The highest BCUT2D eigenvalue weighted by Crippen LogP contribution is 2.38. The number of esters is 1. The highest BCUT2D eigenvalue weighted by Gasteiger charge is 2.31. The fourth-order valence-corrected chi connectivity index (χ4v) is 3.43. The molecule has 0 radical (unpaired) electrons. The Balaban J connectivity index is 2.30. The molecule has 23 heavy (non-hydrogen) atoms. The number of thioether (sulfide) groups is 1. The quantitative estimate of drug-likeness (QED) is 0.826. The van der Waals surface area contributed by atoms with Gasteiger partial charge in [0.15, 0.2) is 0 Å². The maximum atomic E-state index is 12.0. The Morgan fingerprint density at radius 2 is 2.26 bits per heavy atom. The third-order valence-corrected chi connectivity index (χ3v) is 4.61. The molecule has 1 N–H and O–H groups in total. The number of halogens is 1. The van der Waals surface area contributed by atoms with Gasteiger partial charge >= 0.3 is 5.97 Å². The molecule has 0 aliphatic carbocycles. The van der Waals surface area contributed by atoms with Crippen LogP contribution in [0.15, 0.2) is 34.9 Å². The standard InChI is InChI=1S/C16H15ClN2O3S/c1-2-22-15(21)9-23-16-12(8-18)11(7-14(20)19-16)10-5-3-4-6-13(10)17/h3-6,11H,2,7,9H2,1H3,(H,19,20). The van der Waals surface area contributed by atoms with Gasteiger partial charge < -0.3 is 10.1 Å². The lowest BCUT2D eigenvalue weighted by Gasteiger charge is -2.25. The van der Waals surface area contributed by atoms with E-state index in [-0.39, 0.29) is 24.7 Å². The first-order chi connectivity index (χ1) is 11.1. The third kappa shape index (κ3) is 4.27. The number of hydrogen-bond donors (Lipinski definition) is 1. The molecule has 5 nitrogen and oxygen atoms in total. The van der Waals surface area contributed by atoms with Gasteiger partial charge in [-0.2, -0.15) is 5.26 Å². The van der Waals surface area contributed by atoms with Crippen molar-refractivity contribution in [1.82, 2.24) is 5.32 Å². The molecule has 1 aliphatic rings. The number of nitriles is 1. The highest BCUT2D eigenvalue weighted by atomic mass is 35.5.